The first-order valence-corrected chi connectivity index (χ1v) is 6.15. The third-order valence-corrected chi connectivity index (χ3v) is 3.22. The minimum atomic E-state index is -4.35. The molecule has 0 saturated carbocycles. The molecule has 0 aliphatic rings. The molecule has 1 aromatic carbocycles. The Hall–Kier alpha value is -0.830. The van der Waals surface area contributed by atoms with E-state index in [0.29, 0.717) is 12.0 Å². The minimum absolute atomic E-state index is 0.0794. The zero-order valence-electron chi connectivity index (χ0n) is 9.17. The summed E-state index contributed by atoms with van der Waals surface area (Å²) in [5, 5.41) is 8.65. The highest BCUT2D eigenvalue weighted by Gasteiger charge is 2.30. The Morgan fingerprint density at radius 1 is 1.33 bits per heavy atom. The van der Waals surface area contributed by atoms with Gasteiger partial charge in [0, 0.05) is 28.9 Å². The van der Waals surface area contributed by atoms with Crippen LogP contribution in [0.5, 0.6) is 0 Å². The molecule has 0 aliphatic carbocycles. The van der Waals surface area contributed by atoms with Gasteiger partial charge in [-0.3, -0.25) is 8.32 Å². The van der Waals surface area contributed by atoms with E-state index in [1.807, 2.05) is 22.9 Å². The van der Waals surface area contributed by atoms with Gasteiger partial charge in [0.15, 0.2) is 0 Å². The summed E-state index contributed by atoms with van der Waals surface area (Å²) in [5.41, 5.74) is -0.0399. The van der Waals surface area contributed by atoms with E-state index in [-0.39, 0.29) is 12.5 Å². The molecule has 0 aliphatic heterocycles. The van der Waals surface area contributed by atoms with Crippen LogP contribution in [-0.2, 0) is 17.4 Å². The topological polar surface area (TPSA) is 49.3 Å². The quantitative estimate of drug-likeness (QED) is 0.616. The largest absolute Gasteiger partial charge is 0.481 e. The van der Waals surface area contributed by atoms with Crippen LogP contribution in [0, 0.1) is 0 Å². The Kier molecular flexibility index (Phi) is 5.39. The fourth-order valence-electron chi connectivity index (χ4n) is 1.47. The minimum Gasteiger partial charge on any atom is -0.481 e. The maximum Gasteiger partial charge on any atom is 0.416 e. The number of aliphatic carboxylic acids is 1. The predicted molar refractivity (Wildman–Crippen MR) is 68.3 cm³/mol. The van der Waals surface area contributed by atoms with Gasteiger partial charge in [0.1, 0.15) is 0 Å². The average Bonchev–Trinajstić information content (AvgIpc) is 2.27. The van der Waals surface area contributed by atoms with E-state index < -0.39 is 17.7 Å². The van der Waals surface area contributed by atoms with E-state index in [2.05, 4.69) is 3.53 Å². The molecular formula is C11H11F3INO2. The van der Waals surface area contributed by atoms with Crippen molar-refractivity contribution in [3.8, 4) is 0 Å². The van der Waals surface area contributed by atoms with Crippen molar-refractivity contribution in [2.75, 3.05) is 0 Å². The molecule has 3 nitrogen and oxygen atoms in total. The highest BCUT2D eigenvalue weighted by atomic mass is 127. The molecule has 1 rings (SSSR count). The summed E-state index contributed by atoms with van der Waals surface area (Å²) in [4.78, 5) is 10.6. The van der Waals surface area contributed by atoms with Gasteiger partial charge in [-0.15, -0.1) is 0 Å². The molecule has 0 heterocycles. The van der Waals surface area contributed by atoms with E-state index in [9.17, 15) is 18.0 Å². The Morgan fingerprint density at radius 2 is 1.89 bits per heavy atom. The summed E-state index contributed by atoms with van der Waals surface area (Å²) in [5.74, 6) is -0.948. The zero-order chi connectivity index (χ0) is 13.8. The lowest BCUT2D eigenvalue weighted by Gasteiger charge is -2.13. The van der Waals surface area contributed by atoms with Gasteiger partial charge in [0.05, 0.1) is 12.0 Å². The number of hydrogen-bond donors (Lipinski definition) is 2. The molecule has 7 heteroatoms. The first-order valence-electron chi connectivity index (χ1n) is 5.07. The van der Waals surface area contributed by atoms with Gasteiger partial charge in [-0.1, -0.05) is 12.1 Å². The summed E-state index contributed by atoms with van der Waals surface area (Å²) in [7, 11) is 0. The fourth-order valence-corrected chi connectivity index (χ4v) is 1.91. The third-order valence-electron chi connectivity index (χ3n) is 2.34. The predicted octanol–water partition coefficient (Wildman–Crippen LogP) is 3.03. The summed E-state index contributed by atoms with van der Waals surface area (Å²) < 4.78 is 39.8. The smallest absolute Gasteiger partial charge is 0.416 e. The lowest BCUT2D eigenvalue weighted by atomic mass is 10.0. The molecule has 1 unspecified atom stereocenters. The van der Waals surface area contributed by atoms with Gasteiger partial charge < -0.3 is 5.11 Å². The summed E-state index contributed by atoms with van der Waals surface area (Å²) in [6.45, 7) is 0. The van der Waals surface area contributed by atoms with Gasteiger partial charge in [0.25, 0.3) is 0 Å². The molecular weight excluding hydrogens is 362 g/mol. The summed E-state index contributed by atoms with van der Waals surface area (Å²) >= 11 is 1.84. The fraction of sp³-hybridized carbons (Fsp3) is 0.364. The average molecular weight is 373 g/mol. The van der Waals surface area contributed by atoms with Crippen LogP contribution in [-0.4, -0.2) is 17.1 Å². The van der Waals surface area contributed by atoms with Crippen LogP contribution in [0.4, 0.5) is 13.2 Å². The van der Waals surface area contributed by atoms with E-state index in [1.54, 1.807) is 0 Å². The second-order valence-electron chi connectivity index (χ2n) is 3.80. The Labute approximate surface area is 116 Å². The number of carbonyl (C=O) groups is 1. The molecule has 0 radical (unpaired) electrons. The second kappa shape index (κ2) is 6.37. The molecule has 0 aromatic heterocycles. The van der Waals surface area contributed by atoms with Crippen molar-refractivity contribution < 1.29 is 23.1 Å². The molecule has 0 amide bonds. The van der Waals surface area contributed by atoms with Crippen LogP contribution in [0.2, 0.25) is 0 Å². The van der Waals surface area contributed by atoms with Crippen molar-refractivity contribution >= 4 is 28.8 Å². The third kappa shape index (κ3) is 4.81. The monoisotopic (exact) mass is 373 g/mol. The van der Waals surface area contributed by atoms with Crippen LogP contribution in [0.15, 0.2) is 24.3 Å². The first-order chi connectivity index (χ1) is 8.32. The van der Waals surface area contributed by atoms with Crippen molar-refractivity contribution in [1.82, 2.24) is 3.53 Å². The second-order valence-corrected chi connectivity index (χ2v) is 4.43. The van der Waals surface area contributed by atoms with Crippen LogP contribution in [0.25, 0.3) is 0 Å². The van der Waals surface area contributed by atoms with E-state index in [0.717, 1.165) is 12.1 Å². The first kappa shape index (κ1) is 15.2. The SMILES string of the molecule is O=C(O)CC(Cc1ccc(C(F)(F)F)cc1)NI. The standard InChI is InChI=1S/C11H11F3INO2/c12-11(13,14)8-3-1-7(2-4-8)5-9(16-15)6-10(17)18/h1-4,9,16H,5-6H2,(H,17,18). The Bertz CT molecular complexity index is 406. The maximum absolute atomic E-state index is 12.3. The number of alkyl halides is 3. The normalized spacial score (nSPS) is 13.3. The van der Waals surface area contributed by atoms with Gasteiger partial charge in [-0.05, 0) is 24.1 Å². The van der Waals surface area contributed by atoms with Crippen LogP contribution in [0.3, 0.4) is 0 Å². The number of hydrogen-bond acceptors (Lipinski definition) is 2. The maximum atomic E-state index is 12.3. The van der Waals surface area contributed by atoms with Crippen LogP contribution >= 0.6 is 22.9 Å². The summed E-state index contributed by atoms with van der Waals surface area (Å²) in [6.07, 6.45) is -4.06. The number of rotatable bonds is 5. The number of carboxylic acid groups (broad SMARTS) is 1. The molecule has 0 spiro atoms. The van der Waals surface area contributed by atoms with Crippen molar-refractivity contribution in [2.45, 2.75) is 25.1 Å². The van der Waals surface area contributed by atoms with Crippen molar-refractivity contribution in [3.05, 3.63) is 35.4 Å². The van der Waals surface area contributed by atoms with Crippen molar-refractivity contribution in [2.24, 2.45) is 0 Å². The number of carboxylic acids is 1. The molecule has 1 aromatic rings. The van der Waals surface area contributed by atoms with Crippen molar-refractivity contribution in [1.29, 1.82) is 0 Å². The molecule has 0 bridgehead atoms. The lowest BCUT2D eigenvalue weighted by Crippen LogP contribution is -2.26. The highest BCUT2D eigenvalue weighted by molar-refractivity contribution is 14.1. The van der Waals surface area contributed by atoms with E-state index in [1.165, 1.54) is 12.1 Å². The number of benzene rings is 1. The molecule has 2 N–H and O–H groups in total. The zero-order valence-corrected chi connectivity index (χ0v) is 11.3. The summed E-state index contributed by atoms with van der Waals surface area (Å²) in [6, 6.07) is 4.43. The van der Waals surface area contributed by atoms with Crippen LogP contribution < -0.4 is 3.53 Å². The van der Waals surface area contributed by atoms with Gasteiger partial charge >= 0.3 is 12.1 Å². The van der Waals surface area contributed by atoms with Gasteiger partial charge in [-0.2, -0.15) is 13.2 Å². The van der Waals surface area contributed by atoms with E-state index in [4.69, 9.17) is 5.11 Å². The molecule has 0 fully saturated rings. The highest BCUT2D eigenvalue weighted by Crippen LogP contribution is 2.29. The van der Waals surface area contributed by atoms with Crippen molar-refractivity contribution in [3.63, 3.8) is 0 Å². The molecule has 0 saturated heterocycles. The molecule has 1 atom stereocenters. The van der Waals surface area contributed by atoms with E-state index >= 15 is 0 Å². The van der Waals surface area contributed by atoms with Gasteiger partial charge in [-0.25, -0.2) is 0 Å². The lowest BCUT2D eigenvalue weighted by molar-refractivity contribution is -0.138. The molecule has 100 valence electrons. The number of halogens is 4. The Morgan fingerprint density at radius 3 is 2.28 bits per heavy atom. The van der Waals surface area contributed by atoms with Crippen LogP contribution in [0.1, 0.15) is 17.5 Å². The Balaban J connectivity index is 2.71. The molecule has 18 heavy (non-hydrogen) atoms. The number of nitrogens with one attached hydrogen (secondary N) is 1. The van der Waals surface area contributed by atoms with Gasteiger partial charge in [0.2, 0.25) is 0 Å².